The molecule has 1 aromatic heterocycles. The van der Waals surface area contributed by atoms with Gasteiger partial charge in [-0.3, -0.25) is 4.98 Å². The summed E-state index contributed by atoms with van der Waals surface area (Å²) in [5.41, 5.74) is 9.07. The Balaban J connectivity index is 1.84. The van der Waals surface area contributed by atoms with E-state index in [0.717, 1.165) is 30.2 Å². The number of aromatic nitrogens is 1. The normalized spacial score (nSPS) is 16.0. The van der Waals surface area contributed by atoms with Gasteiger partial charge in [0.05, 0.1) is 24.1 Å². The molecule has 0 aliphatic carbocycles. The molecule has 1 aromatic carbocycles. The second-order valence-electron chi connectivity index (χ2n) is 5.11. The standard InChI is InChI=1S/C16H19N3O/c1-12(17)15-7-6-14(10-18-15)19-8-9-20-16-5-3-2-4-13(16)11-19/h2-7,10,12H,8-9,11,17H2,1H3/t12-/m1/s1. The fourth-order valence-corrected chi connectivity index (χ4v) is 2.40. The number of hydrogen-bond acceptors (Lipinski definition) is 4. The summed E-state index contributed by atoms with van der Waals surface area (Å²) >= 11 is 0. The van der Waals surface area contributed by atoms with E-state index < -0.39 is 0 Å². The number of nitrogens with two attached hydrogens (primary N) is 1. The predicted molar refractivity (Wildman–Crippen MR) is 79.8 cm³/mol. The maximum Gasteiger partial charge on any atom is 0.124 e. The van der Waals surface area contributed by atoms with Crippen molar-refractivity contribution >= 4 is 5.69 Å². The monoisotopic (exact) mass is 269 g/mol. The summed E-state index contributed by atoms with van der Waals surface area (Å²) in [6, 6.07) is 12.2. The van der Waals surface area contributed by atoms with Crippen molar-refractivity contribution in [2.75, 3.05) is 18.1 Å². The lowest BCUT2D eigenvalue weighted by Gasteiger charge is -2.22. The van der Waals surface area contributed by atoms with Crippen LogP contribution < -0.4 is 15.4 Å². The molecule has 4 nitrogen and oxygen atoms in total. The Morgan fingerprint density at radius 1 is 1.25 bits per heavy atom. The van der Waals surface area contributed by atoms with Gasteiger partial charge >= 0.3 is 0 Å². The van der Waals surface area contributed by atoms with Gasteiger partial charge in [-0.15, -0.1) is 0 Å². The maximum absolute atomic E-state index is 5.83. The van der Waals surface area contributed by atoms with Crippen molar-refractivity contribution in [2.24, 2.45) is 5.73 Å². The lowest BCUT2D eigenvalue weighted by atomic mass is 10.2. The predicted octanol–water partition coefficient (Wildman–Crippen LogP) is 2.50. The molecular formula is C16H19N3O. The second-order valence-corrected chi connectivity index (χ2v) is 5.11. The highest BCUT2D eigenvalue weighted by molar-refractivity contribution is 5.48. The van der Waals surface area contributed by atoms with Crippen LogP contribution in [-0.4, -0.2) is 18.1 Å². The van der Waals surface area contributed by atoms with Gasteiger partial charge in [-0.05, 0) is 25.1 Å². The molecule has 0 spiro atoms. The smallest absolute Gasteiger partial charge is 0.124 e. The van der Waals surface area contributed by atoms with Crippen molar-refractivity contribution in [3.05, 3.63) is 53.9 Å². The molecule has 104 valence electrons. The van der Waals surface area contributed by atoms with Crippen molar-refractivity contribution in [2.45, 2.75) is 19.5 Å². The van der Waals surface area contributed by atoms with E-state index >= 15 is 0 Å². The van der Waals surface area contributed by atoms with Gasteiger partial charge in [-0.2, -0.15) is 0 Å². The van der Waals surface area contributed by atoms with E-state index in [1.165, 1.54) is 5.56 Å². The summed E-state index contributed by atoms with van der Waals surface area (Å²) in [5, 5.41) is 0. The first-order chi connectivity index (χ1) is 9.74. The van der Waals surface area contributed by atoms with Gasteiger partial charge in [0.15, 0.2) is 0 Å². The highest BCUT2D eigenvalue weighted by Crippen LogP contribution is 2.25. The molecule has 1 atom stereocenters. The van der Waals surface area contributed by atoms with Gasteiger partial charge in [0.2, 0.25) is 0 Å². The summed E-state index contributed by atoms with van der Waals surface area (Å²) in [4.78, 5) is 6.71. The van der Waals surface area contributed by atoms with Crippen LogP contribution >= 0.6 is 0 Å². The van der Waals surface area contributed by atoms with Crippen LogP contribution in [0, 0.1) is 0 Å². The van der Waals surface area contributed by atoms with E-state index in [4.69, 9.17) is 10.5 Å². The van der Waals surface area contributed by atoms with Crippen molar-refractivity contribution < 1.29 is 4.74 Å². The van der Waals surface area contributed by atoms with E-state index in [2.05, 4.69) is 22.0 Å². The summed E-state index contributed by atoms with van der Waals surface area (Å²) in [7, 11) is 0. The third-order valence-corrected chi connectivity index (χ3v) is 3.56. The minimum atomic E-state index is -0.0303. The van der Waals surface area contributed by atoms with Crippen molar-refractivity contribution in [1.29, 1.82) is 0 Å². The first-order valence-electron chi connectivity index (χ1n) is 6.91. The molecule has 0 radical (unpaired) electrons. The van der Waals surface area contributed by atoms with E-state index in [-0.39, 0.29) is 6.04 Å². The molecule has 4 heteroatoms. The van der Waals surface area contributed by atoms with Crippen molar-refractivity contribution in [3.63, 3.8) is 0 Å². The fourth-order valence-electron chi connectivity index (χ4n) is 2.40. The molecule has 3 rings (SSSR count). The number of fused-ring (bicyclic) bond motifs is 1. The third-order valence-electron chi connectivity index (χ3n) is 3.56. The molecule has 2 aromatic rings. The van der Waals surface area contributed by atoms with Crippen molar-refractivity contribution in [1.82, 2.24) is 4.98 Å². The molecule has 0 unspecified atom stereocenters. The number of anilines is 1. The molecule has 1 aliphatic heterocycles. The van der Waals surface area contributed by atoms with E-state index in [1.807, 2.05) is 37.4 Å². The molecular weight excluding hydrogens is 250 g/mol. The fraction of sp³-hybridized carbons (Fsp3) is 0.312. The molecule has 0 amide bonds. The molecule has 2 heterocycles. The van der Waals surface area contributed by atoms with Crippen LogP contribution in [0.1, 0.15) is 24.2 Å². The summed E-state index contributed by atoms with van der Waals surface area (Å²) in [6.45, 7) is 4.33. The molecule has 0 saturated carbocycles. The Hall–Kier alpha value is -2.07. The number of rotatable bonds is 2. The number of nitrogens with zero attached hydrogens (tertiary/aromatic N) is 2. The van der Waals surface area contributed by atoms with E-state index in [1.54, 1.807) is 0 Å². The van der Waals surface area contributed by atoms with Crippen LogP contribution in [0.25, 0.3) is 0 Å². The van der Waals surface area contributed by atoms with Crippen LogP contribution in [0.4, 0.5) is 5.69 Å². The van der Waals surface area contributed by atoms with Gasteiger partial charge in [0, 0.05) is 18.2 Å². The Kier molecular flexibility index (Phi) is 3.56. The quantitative estimate of drug-likeness (QED) is 0.910. The van der Waals surface area contributed by atoms with Crippen LogP contribution in [0.15, 0.2) is 42.6 Å². The Bertz CT molecular complexity index is 581. The van der Waals surface area contributed by atoms with Gasteiger partial charge in [-0.1, -0.05) is 18.2 Å². The van der Waals surface area contributed by atoms with Gasteiger partial charge in [-0.25, -0.2) is 0 Å². The topological polar surface area (TPSA) is 51.4 Å². The van der Waals surface area contributed by atoms with Gasteiger partial charge < -0.3 is 15.4 Å². The zero-order valence-corrected chi connectivity index (χ0v) is 11.6. The average molecular weight is 269 g/mol. The molecule has 0 bridgehead atoms. The number of para-hydroxylation sites is 1. The van der Waals surface area contributed by atoms with Crippen LogP contribution in [-0.2, 0) is 6.54 Å². The lowest BCUT2D eigenvalue weighted by Crippen LogP contribution is -2.25. The van der Waals surface area contributed by atoms with Crippen LogP contribution in [0.2, 0.25) is 0 Å². The number of hydrogen-bond donors (Lipinski definition) is 1. The van der Waals surface area contributed by atoms with Crippen LogP contribution in [0.3, 0.4) is 0 Å². The number of pyridine rings is 1. The highest BCUT2D eigenvalue weighted by atomic mass is 16.5. The first kappa shape index (κ1) is 12.9. The highest BCUT2D eigenvalue weighted by Gasteiger charge is 2.15. The van der Waals surface area contributed by atoms with Gasteiger partial charge in [0.25, 0.3) is 0 Å². The number of benzene rings is 1. The Labute approximate surface area is 119 Å². The molecule has 2 N–H and O–H groups in total. The molecule has 20 heavy (non-hydrogen) atoms. The van der Waals surface area contributed by atoms with Crippen LogP contribution in [0.5, 0.6) is 5.75 Å². The Morgan fingerprint density at radius 3 is 2.85 bits per heavy atom. The van der Waals surface area contributed by atoms with E-state index in [9.17, 15) is 0 Å². The second kappa shape index (κ2) is 5.51. The minimum absolute atomic E-state index is 0.0303. The van der Waals surface area contributed by atoms with E-state index in [0.29, 0.717) is 6.61 Å². The SMILES string of the molecule is C[C@@H](N)c1ccc(N2CCOc3ccccc3C2)cn1. The average Bonchev–Trinajstić information content (AvgIpc) is 2.69. The number of ether oxygens (including phenoxy) is 1. The Morgan fingerprint density at radius 2 is 2.10 bits per heavy atom. The summed E-state index contributed by atoms with van der Waals surface area (Å²) in [5.74, 6) is 0.982. The third kappa shape index (κ3) is 2.60. The minimum Gasteiger partial charge on any atom is -0.491 e. The summed E-state index contributed by atoms with van der Waals surface area (Å²) < 4.78 is 5.78. The first-order valence-corrected chi connectivity index (χ1v) is 6.91. The van der Waals surface area contributed by atoms with Crippen molar-refractivity contribution in [3.8, 4) is 5.75 Å². The maximum atomic E-state index is 5.83. The summed E-state index contributed by atoms with van der Waals surface area (Å²) in [6.07, 6.45) is 1.90. The van der Waals surface area contributed by atoms with Gasteiger partial charge in [0.1, 0.15) is 12.4 Å². The molecule has 0 fully saturated rings. The zero-order valence-electron chi connectivity index (χ0n) is 11.6. The molecule has 0 saturated heterocycles. The largest absolute Gasteiger partial charge is 0.491 e. The lowest BCUT2D eigenvalue weighted by molar-refractivity contribution is 0.331. The molecule has 1 aliphatic rings. The zero-order chi connectivity index (χ0) is 13.9.